The minimum Gasteiger partial charge on any atom is -0.480 e. The standard InChI is InChI=1S/C33H58N8O11/c1-16(20(42)39-31(10,11)25(47)36-18(3)22(44)41-33(14,15)27(49)50)34-24(46)30(8,9)38-21(43)17(2)35-26(48)32(12,13)40-23(45)19(4)37-28(51)52-29(5,6)7/h16-19H,1-15H3,(H,34,46)(H,35,48)(H,36,47)(H,37,51)(H,38,43)(H,39,42)(H,40,45)(H,41,44)(H,49,50)/t16-,17-,18-,19-/m0/s1. The summed E-state index contributed by atoms with van der Waals surface area (Å²) in [4.78, 5) is 113. The Kier molecular flexibility index (Phi) is 15.8. The molecule has 0 aliphatic rings. The van der Waals surface area contributed by atoms with Crippen LogP contribution in [0.2, 0.25) is 0 Å². The fourth-order valence-electron chi connectivity index (χ4n) is 3.77. The van der Waals surface area contributed by atoms with E-state index in [2.05, 4.69) is 42.5 Å². The van der Waals surface area contributed by atoms with Crippen LogP contribution in [-0.2, 0) is 43.1 Å². The number of aliphatic carboxylic acids is 1. The predicted molar refractivity (Wildman–Crippen MR) is 188 cm³/mol. The van der Waals surface area contributed by atoms with Crippen molar-refractivity contribution in [3.63, 3.8) is 0 Å². The van der Waals surface area contributed by atoms with Gasteiger partial charge in [-0.3, -0.25) is 33.6 Å². The van der Waals surface area contributed by atoms with E-state index in [1.165, 1.54) is 83.1 Å². The second-order valence-electron chi connectivity index (χ2n) is 15.7. The molecule has 19 nitrogen and oxygen atoms in total. The summed E-state index contributed by atoms with van der Waals surface area (Å²) in [5.74, 6) is -6.58. The summed E-state index contributed by atoms with van der Waals surface area (Å²) in [6.07, 6.45) is -0.824. The molecule has 19 heteroatoms. The molecule has 0 aromatic heterocycles. The molecule has 9 N–H and O–H groups in total. The molecule has 0 aliphatic heterocycles. The van der Waals surface area contributed by atoms with Crippen molar-refractivity contribution in [2.24, 2.45) is 0 Å². The molecule has 4 atom stereocenters. The van der Waals surface area contributed by atoms with Crippen molar-refractivity contribution in [3.05, 3.63) is 0 Å². The Balaban J connectivity index is 5.24. The number of hydrogen-bond donors (Lipinski definition) is 9. The lowest BCUT2D eigenvalue weighted by Gasteiger charge is -2.32. The zero-order valence-corrected chi connectivity index (χ0v) is 32.8. The number of hydrogen-bond acceptors (Lipinski definition) is 10. The normalized spacial score (nSPS) is 14.5. The van der Waals surface area contributed by atoms with Crippen molar-refractivity contribution in [1.29, 1.82) is 0 Å². The van der Waals surface area contributed by atoms with E-state index in [1.807, 2.05) is 0 Å². The topological polar surface area (TPSA) is 279 Å². The summed E-state index contributed by atoms with van der Waals surface area (Å²) in [7, 11) is 0. The minimum absolute atomic E-state index is 0.692. The third-order valence-electron chi connectivity index (χ3n) is 7.33. The van der Waals surface area contributed by atoms with Crippen LogP contribution in [0.5, 0.6) is 0 Å². The average Bonchev–Trinajstić information content (AvgIpc) is 2.94. The maximum Gasteiger partial charge on any atom is 0.408 e. The SMILES string of the molecule is C[C@H](NC(=O)OC(C)(C)C)C(=O)NC(C)(C)C(=O)N[C@@H](C)C(=O)NC(C)(C)C(=O)N[C@@H](C)C(=O)NC(C)(C)C(=O)N[C@@H](C)C(=O)NC(C)(C)C(=O)O. The van der Waals surface area contributed by atoms with Gasteiger partial charge in [-0.15, -0.1) is 0 Å². The van der Waals surface area contributed by atoms with Crippen molar-refractivity contribution in [2.45, 2.75) is 156 Å². The van der Waals surface area contributed by atoms with Crippen LogP contribution in [0.25, 0.3) is 0 Å². The number of carboxylic acid groups (broad SMARTS) is 1. The number of carboxylic acids is 1. The van der Waals surface area contributed by atoms with Crippen LogP contribution in [0.3, 0.4) is 0 Å². The van der Waals surface area contributed by atoms with Crippen LogP contribution in [0.4, 0.5) is 4.79 Å². The van der Waals surface area contributed by atoms with Gasteiger partial charge in [0.15, 0.2) is 0 Å². The van der Waals surface area contributed by atoms with Gasteiger partial charge in [-0.25, -0.2) is 9.59 Å². The van der Waals surface area contributed by atoms with Crippen molar-refractivity contribution in [2.75, 3.05) is 0 Å². The van der Waals surface area contributed by atoms with Crippen LogP contribution < -0.4 is 42.5 Å². The van der Waals surface area contributed by atoms with Crippen molar-refractivity contribution in [1.82, 2.24) is 42.5 Å². The van der Waals surface area contributed by atoms with E-state index >= 15 is 0 Å². The second kappa shape index (κ2) is 17.5. The first kappa shape index (κ1) is 47.0. The highest BCUT2D eigenvalue weighted by Crippen LogP contribution is 2.10. The number of rotatable bonds is 16. The summed E-state index contributed by atoms with van der Waals surface area (Å²) in [5, 5.41) is 28.7. The fraction of sp³-hybridized carbons (Fsp3) is 0.727. The summed E-state index contributed by atoms with van der Waals surface area (Å²) in [5.41, 5.74) is -7.09. The van der Waals surface area contributed by atoms with Crippen LogP contribution >= 0.6 is 0 Å². The molecule has 8 amide bonds. The number of alkyl carbamates (subject to hydrolysis) is 1. The molecule has 0 bridgehead atoms. The molecule has 0 saturated carbocycles. The first-order chi connectivity index (χ1) is 23.1. The zero-order chi connectivity index (χ0) is 41.4. The third-order valence-corrected chi connectivity index (χ3v) is 7.33. The molecule has 296 valence electrons. The van der Waals surface area contributed by atoms with Gasteiger partial charge in [0, 0.05) is 0 Å². The Bertz CT molecular complexity index is 1420. The fourth-order valence-corrected chi connectivity index (χ4v) is 3.77. The van der Waals surface area contributed by atoms with Gasteiger partial charge >= 0.3 is 12.1 Å². The molecule has 0 aromatic carbocycles. The van der Waals surface area contributed by atoms with Gasteiger partial charge in [-0.1, -0.05) is 0 Å². The van der Waals surface area contributed by atoms with E-state index in [0.717, 1.165) is 0 Å². The quantitative estimate of drug-likeness (QED) is 0.0932. The smallest absolute Gasteiger partial charge is 0.408 e. The molecule has 0 unspecified atom stereocenters. The second-order valence-corrected chi connectivity index (χ2v) is 15.7. The van der Waals surface area contributed by atoms with Crippen LogP contribution in [0.15, 0.2) is 0 Å². The lowest BCUT2D eigenvalue weighted by Crippen LogP contribution is -2.64. The Labute approximate surface area is 304 Å². The molecule has 0 radical (unpaired) electrons. The van der Waals surface area contributed by atoms with Gasteiger partial charge in [0.1, 0.15) is 51.9 Å². The van der Waals surface area contributed by atoms with Gasteiger partial charge in [-0.2, -0.15) is 0 Å². The summed E-state index contributed by atoms with van der Waals surface area (Å²) >= 11 is 0. The first-order valence-electron chi connectivity index (χ1n) is 16.6. The van der Waals surface area contributed by atoms with Crippen LogP contribution in [0, 0.1) is 0 Å². The largest absolute Gasteiger partial charge is 0.480 e. The van der Waals surface area contributed by atoms with Crippen molar-refractivity contribution < 1.29 is 53.0 Å². The van der Waals surface area contributed by atoms with Gasteiger partial charge in [-0.05, 0) is 104 Å². The van der Waals surface area contributed by atoms with E-state index < -0.39 is 105 Å². The van der Waals surface area contributed by atoms with Crippen LogP contribution in [-0.4, -0.2) is 110 Å². The molecule has 0 aliphatic carbocycles. The molecule has 52 heavy (non-hydrogen) atoms. The van der Waals surface area contributed by atoms with E-state index in [4.69, 9.17) is 4.74 Å². The highest BCUT2D eigenvalue weighted by atomic mass is 16.6. The van der Waals surface area contributed by atoms with Gasteiger partial charge in [0.05, 0.1) is 0 Å². The Morgan fingerprint density at radius 3 is 0.885 bits per heavy atom. The highest BCUT2D eigenvalue weighted by Gasteiger charge is 2.38. The van der Waals surface area contributed by atoms with E-state index in [9.17, 15) is 48.3 Å². The maximum atomic E-state index is 13.1. The van der Waals surface area contributed by atoms with E-state index in [1.54, 1.807) is 20.8 Å². The number of ether oxygens (including phenoxy) is 1. The summed E-state index contributed by atoms with van der Waals surface area (Å²) < 4.78 is 5.13. The van der Waals surface area contributed by atoms with Crippen LogP contribution in [0.1, 0.15) is 104 Å². The number of amides is 8. The Morgan fingerprint density at radius 2 is 0.654 bits per heavy atom. The lowest BCUT2D eigenvalue weighted by atomic mass is 10.0. The highest BCUT2D eigenvalue weighted by molar-refractivity contribution is 5.99. The number of carbonyl (C=O) groups is 9. The van der Waals surface area contributed by atoms with Crippen molar-refractivity contribution >= 4 is 53.4 Å². The number of nitrogens with one attached hydrogen (secondary N) is 8. The maximum absolute atomic E-state index is 13.1. The first-order valence-corrected chi connectivity index (χ1v) is 16.6. The molecule has 0 saturated heterocycles. The molecule has 0 heterocycles. The number of carbonyl (C=O) groups excluding carboxylic acids is 8. The summed E-state index contributed by atoms with van der Waals surface area (Å²) in [6.45, 7) is 21.2. The molecule has 0 aromatic rings. The zero-order valence-electron chi connectivity index (χ0n) is 32.8. The van der Waals surface area contributed by atoms with Gasteiger partial charge < -0.3 is 52.4 Å². The monoisotopic (exact) mass is 742 g/mol. The third kappa shape index (κ3) is 15.1. The van der Waals surface area contributed by atoms with Gasteiger partial charge in [0.2, 0.25) is 41.4 Å². The predicted octanol–water partition coefficient (Wildman–Crippen LogP) is -0.922. The van der Waals surface area contributed by atoms with Gasteiger partial charge in [0.25, 0.3) is 0 Å². The Morgan fingerprint density at radius 1 is 0.423 bits per heavy atom. The lowest BCUT2D eigenvalue weighted by molar-refractivity contribution is -0.146. The van der Waals surface area contributed by atoms with E-state index in [-0.39, 0.29) is 0 Å². The van der Waals surface area contributed by atoms with Crippen molar-refractivity contribution in [3.8, 4) is 0 Å². The molecular formula is C33H58N8O11. The molecule has 0 fully saturated rings. The van der Waals surface area contributed by atoms with E-state index in [0.29, 0.717) is 0 Å². The minimum atomic E-state index is -1.60. The average molecular weight is 743 g/mol. The summed E-state index contributed by atoms with van der Waals surface area (Å²) in [6, 6.07) is -4.61. The molecule has 0 spiro atoms. The molecular weight excluding hydrogens is 684 g/mol. The molecule has 0 rings (SSSR count). The Hall–Kier alpha value is -4.97.